The maximum atomic E-state index is 12.4. The molecule has 1 amide bonds. The molecule has 2 aromatic heterocycles. The fourth-order valence-corrected chi connectivity index (χ4v) is 4.44. The fraction of sp³-hybridized carbons (Fsp3) is 0.462. The molecule has 0 bridgehead atoms. The van der Waals surface area contributed by atoms with Gasteiger partial charge in [-0.3, -0.25) is 4.79 Å². The second-order valence-electron chi connectivity index (χ2n) is 5.26. The van der Waals surface area contributed by atoms with Crippen molar-refractivity contribution in [2.45, 2.75) is 37.8 Å². The van der Waals surface area contributed by atoms with Gasteiger partial charge in [0.1, 0.15) is 6.33 Å². The van der Waals surface area contributed by atoms with Gasteiger partial charge in [0.2, 0.25) is 10.0 Å². The van der Waals surface area contributed by atoms with Crippen LogP contribution in [-0.2, 0) is 10.0 Å². The van der Waals surface area contributed by atoms with Crippen molar-refractivity contribution in [2.24, 2.45) is 0 Å². The van der Waals surface area contributed by atoms with Crippen LogP contribution in [-0.4, -0.2) is 36.1 Å². The first-order valence-corrected chi connectivity index (χ1v) is 9.35. The van der Waals surface area contributed by atoms with E-state index in [-0.39, 0.29) is 16.8 Å². The van der Waals surface area contributed by atoms with Crippen LogP contribution in [0, 0.1) is 0 Å². The molecule has 2 aromatic rings. The minimum Gasteiger partial charge on any atom is -0.354 e. The van der Waals surface area contributed by atoms with Crippen LogP contribution in [0.2, 0.25) is 0 Å². The molecule has 23 heavy (non-hydrogen) atoms. The van der Waals surface area contributed by atoms with Gasteiger partial charge in [0.25, 0.3) is 5.91 Å². The first kappa shape index (κ1) is 17.6. The van der Waals surface area contributed by atoms with Crippen LogP contribution in [0.3, 0.4) is 0 Å². The number of sulfonamides is 1. The molecular formula is C13H19N5O3S2. The van der Waals surface area contributed by atoms with Gasteiger partial charge in [-0.25, -0.2) is 13.1 Å². The Morgan fingerprint density at radius 2 is 2.04 bits per heavy atom. The van der Waals surface area contributed by atoms with Crippen LogP contribution in [0.5, 0.6) is 0 Å². The van der Waals surface area contributed by atoms with E-state index in [0.717, 1.165) is 11.3 Å². The van der Waals surface area contributed by atoms with Crippen molar-refractivity contribution in [3.63, 3.8) is 0 Å². The zero-order valence-electron chi connectivity index (χ0n) is 13.3. The number of hydrogen-bond donors (Lipinski definition) is 2. The van der Waals surface area contributed by atoms with Crippen molar-refractivity contribution in [3.8, 4) is 0 Å². The van der Waals surface area contributed by atoms with E-state index in [0.29, 0.717) is 10.7 Å². The number of carbonyl (C=O) groups is 1. The molecule has 1 unspecified atom stereocenters. The highest BCUT2D eigenvalue weighted by atomic mass is 32.2. The third kappa shape index (κ3) is 3.77. The summed E-state index contributed by atoms with van der Waals surface area (Å²) >= 11 is 1.08. The second kappa shape index (κ2) is 6.77. The van der Waals surface area contributed by atoms with E-state index in [4.69, 9.17) is 0 Å². The topological polar surface area (TPSA) is 106 Å². The van der Waals surface area contributed by atoms with Crippen LogP contribution in [0.1, 0.15) is 48.4 Å². The Labute approximate surface area is 139 Å². The maximum absolute atomic E-state index is 12.4. The molecule has 0 aliphatic heterocycles. The molecule has 2 heterocycles. The van der Waals surface area contributed by atoms with Crippen LogP contribution in [0.15, 0.2) is 22.7 Å². The van der Waals surface area contributed by atoms with E-state index < -0.39 is 16.1 Å². The summed E-state index contributed by atoms with van der Waals surface area (Å²) in [7, 11) is -2.25. The predicted molar refractivity (Wildman–Crippen MR) is 86.9 cm³/mol. The Kier molecular flexibility index (Phi) is 5.17. The molecular weight excluding hydrogens is 338 g/mol. The third-order valence-electron chi connectivity index (χ3n) is 3.21. The summed E-state index contributed by atoms with van der Waals surface area (Å²) in [5.74, 6) is 0.217. The highest BCUT2D eigenvalue weighted by Crippen LogP contribution is 2.22. The van der Waals surface area contributed by atoms with Crippen molar-refractivity contribution in [2.75, 3.05) is 7.05 Å². The Morgan fingerprint density at radius 1 is 1.35 bits per heavy atom. The summed E-state index contributed by atoms with van der Waals surface area (Å²) in [6.45, 7) is 5.62. The fourth-order valence-electron chi connectivity index (χ4n) is 2.01. The van der Waals surface area contributed by atoms with Crippen molar-refractivity contribution in [1.29, 1.82) is 0 Å². The van der Waals surface area contributed by atoms with Crippen molar-refractivity contribution in [3.05, 3.63) is 28.5 Å². The molecule has 0 fully saturated rings. The van der Waals surface area contributed by atoms with Gasteiger partial charge in [-0.1, -0.05) is 0 Å². The van der Waals surface area contributed by atoms with Crippen LogP contribution in [0.25, 0.3) is 0 Å². The molecule has 0 aliphatic rings. The van der Waals surface area contributed by atoms with Crippen molar-refractivity contribution in [1.82, 2.24) is 24.8 Å². The Bertz CT molecular complexity index is 794. The summed E-state index contributed by atoms with van der Waals surface area (Å²) < 4.78 is 29.3. The third-order valence-corrected chi connectivity index (χ3v) is 5.81. The zero-order chi connectivity index (χ0) is 17.2. The number of amides is 1. The molecule has 10 heteroatoms. The lowest BCUT2D eigenvalue weighted by Gasteiger charge is -2.16. The zero-order valence-corrected chi connectivity index (χ0v) is 14.9. The Morgan fingerprint density at radius 3 is 2.65 bits per heavy atom. The lowest BCUT2D eigenvalue weighted by molar-refractivity contribution is 0.0967. The normalized spacial score (nSPS) is 13.3. The predicted octanol–water partition coefficient (Wildman–Crippen LogP) is 1.32. The van der Waals surface area contributed by atoms with Crippen LogP contribution >= 0.6 is 11.3 Å². The molecule has 0 saturated carbocycles. The van der Waals surface area contributed by atoms with E-state index in [1.54, 1.807) is 17.8 Å². The largest absolute Gasteiger partial charge is 0.354 e. The monoisotopic (exact) mass is 357 g/mol. The smallest absolute Gasteiger partial charge is 0.261 e. The Hall–Kier alpha value is -1.78. The number of rotatable bonds is 6. The van der Waals surface area contributed by atoms with Crippen LogP contribution < -0.4 is 10.0 Å². The first-order chi connectivity index (χ1) is 10.8. The first-order valence-electron chi connectivity index (χ1n) is 6.98. The van der Waals surface area contributed by atoms with Gasteiger partial charge in [0.05, 0.1) is 15.8 Å². The number of aromatic nitrogens is 3. The molecule has 0 saturated heterocycles. The van der Waals surface area contributed by atoms with Gasteiger partial charge in [-0.2, -0.15) is 0 Å². The maximum Gasteiger partial charge on any atom is 0.261 e. The average molecular weight is 357 g/mol. The number of carbonyl (C=O) groups excluding carboxylic acids is 1. The molecule has 8 nitrogen and oxygen atoms in total. The summed E-state index contributed by atoms with van der Waals surface area (Å²) in [6, 6.07) is 0.923. The van der Waals surface area contributed by atoms with Gasteiger partial charge in [-0.05, 0) is 26.8 Å². The average Bonchev–Trinajstić information content (AvgIpc) is 3.15. The molecule has 0 spiro atoms. The van der Waals surface area contributed by atoms with E-state index in [9.17, 15) is 13.2 Å². The van der Waals surface area contributed by atoms with E-state index in [1.165, 1.54) is 18.5 Å². The SMILES string of the molecule is CNC(=O)c1cc(S(=O)(=O)NC(C)c2nncn2C(C)C)cs1. The summed E-state index contributed by atoms with van der Waals surface area (Å²) in [4.78, 5) is 11.9. The van der Waals surface area contributed by atoms with E-state index in [2.05, 4.69) is 20.2 Å². The minimum atomic E-state index is -3.75. The molecule has 2 rings (SSSR count). The molecule has 0 aliphatic carbocycles. The van der Waals surface area contributed by atoms with E-state index in [1.807, 2.05) is 13.8 Å². The molecule has 126 valence electrons. The molecule has 2 N–H and O–H groups in total. The Balaban J connectivity index is 2.22. The summed E-state index contributed by atoms with van der Waals surface area (Å²) in [6.07, 6.45) is 1.57. The molecule has 1 atom stereocenters. The number of nitrogens with one attached hydrogen (secondary N) is 2. The van der Waals surface area contributed by atoms with Gasteiger partial charge >= 0.3 is 0 Å². The summed E-state index contributed by atoms with van der Waals surface area (Å²) in [5.41, 5.74) is 0. The summed E-state index contributed by atoms with van der Waals surface area (Å²) in [5, 5.41) is 11.7. The van der Waals surface area contributed by atoms with Crippen molar-refractivity contribution < 1.29 is 13.2 Å². The lowest BCUT2D eigenvalue weighted by Crippen LogP contribution is -2.29. The van der Waals surface area contributed by atoms with Gasteiger partial charge in [0, 0.05) is 18.5 Å². The lowest BCUT2D eigenvalue weighted by atomic mass is 10.3. The van der Waals surface area contributed by atoms with Gasteiger partial charge in [0.15, 0.2) is 5.82 Å². The van der Waals surface area contributed by atoms with Gasteiger partial charge in [-0.15, -0.1) is 21.5 Å². The van der Waals surface area contributed by atoms with Gasteiger partial charge < -0.3 is 9.88 Å². The highest BCUT2D eigenvalue weighted by molar-refractivity contribution is 7.89. The molecule has 0 aromatic carbocycles. The van der Waals surface area contributed by atoms with E-state index >= 15 is 0 Å². The number of hydrogen-bond acceptors (Lipinski definition) is 6. The standard InChI is InChI=1S/C13H19N5O3S2/c1-8(2)18-7-15-16-12(18)9(3)17-23(20,21)10-5-11(22-6-10)13(19)14-4/h5-9,17H,1-4H3,(H,14,19). The second-order valence-corrected chi connectivity index (χ2v) is 7.88. The number of nitrogens with zero attached hydrogens (tertiary/aromatic N) is 3. The minimum absolute atomic E-state index is 0.0589. The quantitative estimate of drug-likeness (QED) is 0.811. The van der Waals surface area contributed by atoms with Crippen LogP contribution in [0.4, 0.5) is 0 Å². The van der Waals surface area contributed by atoms with Crippen molar-refractivity contribution >= 4 is 27.3 Å². The highest BCUT2D eigenvalue weighted by Gasteiger charge is 2.24. The molecule has 0 radical (unpaired) electrons. The number of thiophene rings is 1.